The van der Waals surface area contributed by atoms with Gasteiger partial charge in [0.05, 0.1) is 0 Å². The lowest BCUT2D eigenvalue weighted by atomic mass is 9.81. The Morgan fingerprint density at radius 3 is 1.68 bits per heavy atom. The van der Waals surface area contributed by atoms with E-state index in [-0.39, 0.29) is 10.8 Å². The first-order valence-corrected chi connectivity index (χ1v) is 11.3. The fraction of sp³-hybridized carbons (Fsp3) is 0.400. The van der Waals surface area contributed by atoms with Crippen LogP contribution in [-0.4, -0.2) is 0 Å². The highest BCUT2D eigenvalue weighted by Gasteiger charge is 2.30. The first kappa shape index (κ1) is 23.1. The number of hydrogen-bond acceptors (Lipinski definition) is 1. The molecule has 31 heavy (non-hydrogen) atoms. The summed E-state index contributed by atoms with van der Waals surface area (Å²) in [6.07, 6.45) is 4.62. The van der Waals surface area contributed by atoms with E-state index in [1.54, 1.807) is 0 Å². The SMILES string of the molecule is Cc1ccc(C2=C(C(C)(C)C)C=C(c3c(C)cc(C)cc3C)C=C(C(C)(C)C)O2)cc1. The van der Waals surface area contributed by atoms with Gasteiger partial charge >= 0.3 is 0 Å². The van der Waals surface area contributed by atoms with Gasteiger partial charge in [-0.3, -0.25) is 0 Å². The maximum absolute atomic E-state index is 6.78. The first-order valence-electron chi connectivity index (χ1n) is 11.3. The fourth-order valence-electron chi connectivity index (χ4n) is 4.22. The standard InChI is InChI=1S/C30H38O/c1-19-11-13-23(14-12-19)28-25(29(5,6)7)17-24(18-26(31-28)30(8,9)10)27-21(3)15-20(2)16-22(27)4/h11-18H,1-10H3. The molecule has 0 spiro atoms. The van der Waals surface area contributed by atoms with E-state index in [4.69, 9.17) is 4.74 Å². The van der Waals surface area contributed by atoms with Crippen LogP contribution >= 0.6 is 0 Å². The summed E-state index contributed by atoms with van der Waals surface area (Å²) in [5.41, 5.74) is 9.87. The molecule has 0 saturated carbocycles. The van der Waals surface area contributed by atoms with Crippen molar-refractivity contribution in [3.05, 3.63) is 93.3 Å². The zero-order valence-corrected chi connectivity index (χ0v) is 21.0. The third-order valence-electron chi connectivity index (χ3n) is 5.87. The normalized spacial score (nSPS) is 15.3. The molecule has 1 nitrogen and oxygen atoms in total. The van der Waals surface area contributed by atoms with Crippen LogP contribution in [0.15, 0.2) is 59.9 Å². The monoisotopic (exact) mass is 414 g/mol. The van der Waals surface area contributed by atoms with Crippen molar-refractivity contribution in [1.82, 2.24) is 0 Å². The van der Waals surface area contributed by atoms with Crippen molar-refractivity contribution in [3.63, 3.8) is 0 Å². The number of allylic oxidation sites excluding steroid dienone is 5. The maximum Gasteiger partial charge on any atom is 0.137 e. The molecular weight excluding hydrogens is 376 g/mol. The molecule has 2 aromatic rings. The smallest absolute Gasteiger partial charge is 0.137 e. The van der Waals surface area contributed by atoms with Gasteiger partial charge in [0.25, 0.3) is 0 Å². The molecule has 0 atom stereocenters. The number of ether oxygens (including phenoxy) is 1. The van der Waals surface area contributed by atoms with Crippen LogP contribution in [0, 0.1) is 38.5 Å². The molecule has 1 aliphatic heterocycles. The average Bonchev–Trinajstić information content (AvgIpc) is 2.82. The lowest BCUT2D eigenvalue weighted by molar-refractivity contribution is 0.262. The van der Waals surface area contributed by atoms with Crippen LogP contribution in [0.1, 0.15) is 74.9 Å². The fourth-order valence-corrected chi connectivity index (χ4v) is 4.22. The number of benzene rings is 2. The van der Waals surface area contributed by atoms with Crippen LogP contribution in [0.25, 0.3) is 11.3 Å². The van der Waals surface area contributed by atoms with Crippen LogP contribution in [0.3, 0.4) is 0 Å². The van der Waals surface area contributed by atoms with Crippen molar-refractivity contribution in [2.24, 2.45) is 10.8 Å². The summed E-state index contributed by atoms with van der Waals surface area (Å²) in [5.74, 6) is 1.96. The van der Waals surface area contributed by atoms with Crippen LogP contribution in [0.2, 0.25) is 0 Å². The molecule has 0 fully saturated rings. The van der Waals surface area contributed by atoms with E-state index in [2.05, 4.69) is 118 Å². The second-order valence-electron chi connectivity index (χ2n) is 11.1. The van der Waals surface area contributed by atoms with Crippen molar-refractivity contribution in [1.29, 1.82) is 0 Å². The molecule has 0 bridgehead atoms. The molecule has 0 N–H and O–H groups in total. The van der Waals surface area contributed by atoms with E-state index in [0.29, 0.717) is 0 Å². The second kappa shape index (κ2) is 8.19. The predicted octanol–water partition coefficient (Wildman–Crippen LogP) is 8.72. The molecule has 164 valence electrons. The maximum atomic E-state index is 6.78. The Balaban J connectivity index is 2.38. The minimum absolute atomic E-state index is 0.0703. The highest BCUT2D eigenvalue weighted by Crippen LogP contribution is 2.44. The van der Waals surface area contributed by atoms with Gasteiger partial charge in [0.2, 0.25) is 0 Å². The highest BCUT2D eigenvalue weighted by atomic mass is 16.5. The molecule has 2 aromatic carbocycles. The lowest BCUT2D eigenvalue weighted by Crippen LogP contribution is -2.15. The lowest BCUT2D eigenvalue weighted by Gasteiger charge is -2.28. The number of aryl methyl sites for hydroxylation is 4. The van der Waals surface area contributed by atoms with Gasteiger partial charge in [-0.1, -0.05) is 89.1 Å². The third kappa shape index (κ3) is 5.03. The van der Waals surface area contributed by atoms with Crippen molar-refractivity contribution < 1.29 is 4.74 Å². The van der Waals surface area contributed by atoms with E-state index < -0.39 is 0 Å². The molecule has 0 unspecified atom stereocenters. The summed E-state index contributed by atoms with van der Waals surface area (Å²) < 4.78 is 6.78. The van der Waals surface area contributed by atoms with Crippen LogP contribution in [-0.2, 0) is 4.74 Å². The van der Waals surface area contributed by atoms with E-state index in [1.807, 2.05) is 0 Å². The quantitative estimate of drug-likeness (QED) is 0.477. The minimum Gasteiger partial charge on any atom is -0.460 e. The Labute approximate surface area is 189 Å². The van der Waals surface area contributed by atoms with Crippen LogP contribution in [0.5, 0.6) is 0 Å². The molecule has 1 heteroatoms. The highest BCUT2D eigenvalue weighted by molar-refractivity contribution is 5.84. The summed E-state index contributed by atoms with van der Waals surface area (Å²) in [6, 6.07) is 13.2. The van der Waals surface area contributed by atoms with Gasteiger partial charge in [0, 0.05) is 16.6 Å². The van der Waals surface area contributed by atoms with E-state index in [0.717, 1.165) is 17.1 Å². The topological polar surface area (TPSA) is 9.23 Å². The van der Waals surface area contributed by atoms with E-state index >= 15 is 0 Å². The van der Waals surface area contributed by atoms with Gasteiger partial charge < -0.3 is 4.74 Å². The molecule has 1 aliphatic rings. The summed E-state index contributed by atoms with van der Waals surface area (Å²) >= 11 is 0. The Morgan fingerprint density at radius 2 is 1.19 bits per heavy atom. The average molecular weight is 415 g/mol. The summed E-state index contributed by atoms with van der Waals surface area (Å²) in [7, 11) is 0. The Hall–Kier alpha value is -2.54. The zero-order valence-electron chi connectivity index (χ0n) is 21.0. The van der Waals surface area contributed by atoms with E-state index in [1.165, 1.54) is 39.0 Å². The summed E-state index contributed by atoms with van der Waals surface area (Å²) in [6.45, 7) is 22.2. The molecule has 3 rings (SSSR count). The van der Waals surface area contributed by atoms with Gasteiger partial charge in [0.1, 0.15) is 11.5 Å². The van der Waals surface area contributed by atoms with Gasteiger partial charge in [-0.2, -0.15) is 0 Å². The minimum atomic E-state index is -0.116. The van der Waals surface area contributed by atoms with Crippen LogP contribution < -0.4 is 0 Å². The molecule has 0 radical (unpaired) electrons. The van der Waals surface area contributed by atoms with Gasteiger partial charge in [-0.25, -0.2) is 0 Å². The second-order valence-corrected chi connectivity index (χ2v) is 11.1. The van der Waals surface area contributed by atoms with Crippen LogP contribution in [0.4, 0.5) is 0 Å². The molecule has 0 aromatic heterocycles. The molecule has 0 saturated heterocycles. The van der Waals surface area contributed by atoms with Gasteiger partial charge in [-0.05, 0) is 67.5 Å². The Morgan fingerprint density at radius 1 is 0.645 bits per heavy atom. The number of rotatable bonds is 2. The third-order valence-corrected chi connectivity index (χ3v) is 5.87. The van der Waals surface area contributed by atoms with Crippen molar-refractivity contribution >= 4 is 11.3 Å². The van der Waals surface area contributed by atoms with Gasteiger partial charge in [0.15, 0.2) is 0 Å². The van der Waals surface area contributed by atoms with Crippen molar-refractivity contribution in [2.45, 2.75) is 69.2 Å². The molecule has 0 aliphatic carbocycles. The first-order chi connectivity index (χ1) is 14.3. The predicted molar refractivity (Wildman–Crippen MR) is 135 cm³/mol. The number of hydrogen-bond donors (Lipinski definition) is 0. The van der Waals surface area contributed by atoms with E-state index in [9.17, 15) is 0 Å². The Bertz CT molecular complexity index is 1050. The summed E-state index contributed by atoms with van der Waals surface area (Å²) in [4.78, 5) is 0. The largest absolute Gasteiger partial charge is 0.460 e. The van der Waals surface area contributed by atoms with Crippen molar-refractivity contribution in [2.75, 3.05) is 0 Å². The van der Waals surface area contributed by atoms with Crippen molar-refractivity contribution in [3.8, 4) is 0 Å². The Kier molecular flexibility index (Phi) is 6.11. The molecule has 0 amide bonds. The van der Waals surface area contributed by atoms with Gasteiger partial charge in [-0.15, -0.1) is 0 Å². The molecular formula is C30H38O. The molecule has 1 heterocycles. The summed E-state index contributed by atoms with van der Waals surface area (Å²) in [5, 5.41) is 0. The zero-order chi connectivity index (χ0) is 23.1.